The number of piperidine rings is 1. The molecule has 2 saturated heterocycles. The molecule has 2 aromatic heterocycles. The minimum atomic E-state index is -0.0709. The molecule has 4 heterocycles. The van der Waals surface area contributed by atoms with Gasteiger partial charge in [-0.15, -0.1) is 5.10 Å². The van der Waals surface area contributed by atoms with E-state index in [2.05, 4.69) is 27.1 Å². The lowest BCUT2D eigenvalue weighted by atomic mass is 10.1. The maximum atomic E-state index is 12.9. The monoisotopic (exact) mass is 361 g/mol. The van der Waals surface area contributed by atoms with Gasteiger partial charge in [0.05, 0.1) is 24.9 Å². The molecular weight excluding hydrogens is 338 g/mol. The van der Waals surface area contributed by atoms with E-state index in [0.717, 1.165) is 31.5 Å². The van der Waals surface area contributed by atoms with E-state index in [1.54, 1.807) is 17.5 Å². The molecule has 25 heavy (non-hydrogen) atoms. The maximum absolute atomic E-state index is 12.9. The van der Waals surface area contributed by atoms with Crippen LogP contribution in [0.3, 0.4) is 0 Å². The van der Waals surface area contributed by atoms with E-state index in [9.17, 15) is 4.79 Å². The zero-order chi connectivity index (χ0) is 17.2. The number of amides is 1. The summed E-state index contributed by atoms with van der Waals surface area (Å²) in [5, 5.41) is 15.8. The Morgan fingerprint density at radius 3 is 2.96 bits per heavy atom. The lowest BCUT2D eigenvalue weighted by Crippen LogP contribution is -2.46. The fourth-order valence-electron chi connectivity index (χ4n) is 3.55. The van der Waals surface area contributed by atoms with Crippen molar-refractivity contribution in [2.75, 3.05) is 26.2 Å². The summed E-state index contributed by atoms with van der Waals surface area (Å²) in [6.45, 7) is 5.11. The molecule has 1 amide bonds. The van der Waals surface area contributed by atoms with Crippen LogP contribution in [0.25, 0.3) is 0 Å². The molecule has 4 rings (SSSR count). The van der Waals surface area contributed by atoms with Crippen molar-refractivity contribution in [2.45, 2.75) is 38.0 Å². The molecule has 2 aliphatic heterocycles. The smallest absolute Gasteiger partial charge is 0.276 e. The number of nitrogens with zero attached hydrogens (tertiary/aromatic N) is 4. The number of thiophene rings is 1. The van der Waals surface area contributed by atoms with Gasteiger partial charge in [0.1, 0.15) is 6.10 Å². The van der Waals surface area contributed by atoms with Crippen molar-refractivity contribution < 1.29 is 9.53 Å². The SMILES string of the molecule is C[C@H]1CN(C(=O)c2cn(C3CCNCC3)nn2)C[C@H](c2ccsc2)O1. The second-order valence-electron chi connectivity index (χ2n) is 6.77. The van der Waals surface area contributed by atoms with E-state index in [0.29, 0.717) is 24.8 Å². The van der Waals surface area contributed by atoms with Crippen LogP contribution in [0.1, 0.15) is 48.0 Å². The number of rotatable bonds is 3. The Bertz CT molecular complexity index is 710. The number of ether oxygens (including phenoxy) is 1. The predicted molar refractivity (Wildman–Crippen MR) is 94.7 cm³/mol. The first-order valence-electron chi connectivity index (χ1n) is 8.80. The Labute approximate surface area is 151 Å². The Morgan fingerprint density at radius 1 is 1.36 bits per heavy atom. The highest BCUT2D eigenvalue weighted by atomic mass is 32.1. The third kappa shape index (κ3) is 3.61. The lowest BCUT2D eigenvalue weighted by Gasteiger charge is -2.36. The minimum Gasteiger partial charge on any atom is -0.367 e. The number of aromatic nitrogens is 3. The molecule has 0 radical (unpaired) electrons. The van der Waals surface area contributed by atoms with Gasteiger partial charge in [-0.1, -0.05) is 5.21 Å². The molecule has 2 atom stereocenters. The summed E-state index contributed by atoms with van der Waals surface area (Å²) >= 11 is 1.65. The standard InChI is InChI=1S/C17H23N5O2S/c1-12-8-21(10-16(24-12)13-4-7-25-11-13)17(23)15-9-22(20-19-15)14-2-5-18-6-3-14/h4,7,9,11-12,14,16,18H,2-3,5-6,8,10H2,1H3/t12-,16+/m0/s1. The molecule has 0 unspecified atom stereocenters. The van der Waals surface area contributed by atoms with Crippen LogP contribution in [0.4, 0.5) is 0 Å². The van der Waals surface area contributed by atoms with Crippen LogP contribution in [-0.2, 0) is 4.74 Å². The first-order chi connectivity index (χ1) is 12.2. The molecule has 0 spiro atoms. The summed E-state index contributed by atoms with van der Waals surface area (Å²) in [6.07, 6.45) is 3.77. The summed E-state index contributed by atoms with van der Waals surface area (Å²) in [5.41, 5.74) is 1.56. The zero-order valence-electron chi connectivity index (χ0n) is 14.3. The van der Waals surface area contributed by atoms with Gasteiger partial charge < -0.3 is 15.0 Å². The molecular formula is C17H23N5O2S. The van der Waals surface area contributed by atoms with Crippen LogP contribution in [-0.4, -0.2) is 58.1 Å². The lowest BCUT2D eigenvalue weighted by molar-refractivity contribution is -0.0691. The summed E-state index contributed by atoms with van der Waals surface area (Å²) < 4.78 is 7.87. The van der Waals surface area contributed by atoms with Gasteiger partial charge in [-0.2, -0.15) is 11.3 Å². The van der Waals surface area contributed by atoms with E-state index in [1.807, 2.05) is 21.9 Å². The van der Waals surface area contributed by atoms with Gasteiger partial charge in [-0.3, -0.25) is 4.79 Å². The molecule has 2 aliphatic rings. The van der Waals surface area contributed by atoms with Crippen molar-refractivity contribution in [2.24, 2.45) is 0 Å². The number of morpholine rings is 1. The number of nitrogens with one attached hydrogen (secondary N) is 1. The fourth-order valence-corrected chi connectivity index (χ4v) is 4.25. The van der Waals surface area contributed by atoms with Gasteiger partial charge >= 0.3 is 0 Å². The highest BCUT2D eigenvalue weighted by Gasteiger charge is 2.31. The number of hydrogen-bond acceptors (Lipinski definition) is 6. The average Bonchev–Trinajstić information content (AvgIpc) is 3.33. The minimum absolute atomic E-state index is 0.00191. The van der Waals surface area contributed by atoms with Crippen LogP contribution in [0, 0.1) is 0 Å². The molecule has 134 valence electrons. The Balaban J connectivity index is 1.47. The van der Waals surface area contributed by atoms with Crippen molar-refractivity contribution in [3.63, 3.8) is 0 Å². The highest BCUT2D eigenvalue weighted by molar-refractivity contribution is 7.07. The quantitative estimate of drug-likeness (QED) is 0.904. The predicted octanol–water partition coefficient (Wildman–Crippen LogP) is 1.87. The fraction of sp³-hybridized carbons (Fsp3) is 0.588. The van der Waals surface area contributed by atoms with Crippen molar-refractivity contribution in [1.29, 1.82) is 0 Å². The number of hydrogen-bond donors (Lipinski definition) is 1. The highest BCUT2D eigenvalue weighted by Crippen LogP contribution is 2.27. The van der Waals surface area contributed by atoms with E-state index < -0.39 is 0 Å². The summed E-state index contributed by atoms with van der Waals surface area (Å²) in [5.74, 6) is -0.0597. The zero-order valence-corrected chi connectivity index (χ0v) is 15.1. The van der Waals surface area contributed by atoms with Crippen molar-refractivity contribution in [3.8, 4) is 0 Å². The van der Waals surface area contributed by atoms with Gasteiger partial charge in [0.15, 0.2) is 5.69 Å². The molecule has 1 N–H and O–H groups in total. The summed E-state index contributed by atoms with van der Waals surface area (Å²) in [6, 6.07) is 2.39. The molecule has 2 aromatic rings. The Kier molecular flexibility index (Phi) is 4.82. The second-order valence-corrected chi connectivity index (χ2v) is 7.55. The van der Waals surface area contributed by atoms with E-state index in [1.165, 1.54) is 0 Å². The van der Waals surface area contributed by atoms with Crippen molar-refractivity contribution in [3.05, 3.63) is 34.3 Å². The first-order valence-corrected chi connectivity index (χ1v) is 9.74. The van der Waals surface area contributed by atoms with Crippen molar-refractivity contribution in [1.82, 2.24) is 25.2 Å². The summed E-state index contributed by atoms with van der Waals surface area (Å²) in [4.78, 5) is 14.7. The number of carbonyl (C=O) groups is 1. The topological polar surface area (TPSA) is 72.3 Å². The Morgan fingerprint density at radius 2 is 2.20 bits per heavy atom. The largest absolute Gasteiger partial charge is 0.367 e. The maximum Gasteiger partial charge on any atom is 0.276 e. The van der Waals surface area contributed by atoms with Crippen molar-refractivity contribution >= 4 is 17.2 Å². The van der Waals surface area contributed by atoms with Crippen LogP contribution < -0.4 is 5.32 Å². The molecule has 0 aliphatic carbocycles. The van der Waals surface area contributed by atoms with E-state index >= 15 is 0 Å². The van der Waals surface area contributed by atoms with Crippen LogP contribution >= 0.6 is 11.3 Å². The average molecular weight is 361 g/mol. The molecule has 0 bridgehead atoms. The van der Waals surface area contributed by atoms with Gasteiger partial charge in [0.25, 0.3) is 5.91 Å². The molecule has 2 fully saturated rings. The number of carbonyl (C=O) groups excluding carboxylic acids is 1. The van der Waals surface area contributed by atoms with Gasteiger partial charge in [0, 0.05) is 6.54 Å². The van der Waals surface area contributed by atoms with E-state index in [-0.39, 0.29) is 18.1 Å². The molecule has 7 nitrogen and oxygen atoms in total. The second kappa shape index (κ2) is 7.23. The Hall–Kier alpha value is -1.77. The van der Waals surface area contributed by atoms with Crippen LogP contribution in [0.5, 0.6) is 0 Å². The van der Waals surface area contributed by atoms with E-state index in [4.69, 9.17) is 4.74 Å². The molecule has 0 saturated carbocycles. The normalized spacial score (nSPS) is 25.2. The van der Waals surface area contributed by atoms with Crippen LogP contribution in [0.15, 0.2) is 23.0 Å². The summed E-state index contributed by atoms with van der Waals surface area (Å²) in [7, 11) is 0. The van der Waals surface area contributed by atoms with Gasteiger partial charge in [-0.05, 0) is 55.2 Å². The molecule has 0 aromatic carbocycles. The van der Waals surface area contributed by atoms with Gasteiger partial charge in [-0.25, -0.2) is 4.68 Å². The molecule has 8 heteroatoms. The van der Waals surface area contributed by atoms with Gasteiger partial charge in [0.2, 0.25) is 0 Å². The third-order valence-corrected chi connectivity index (χ3v) is 5.58. The van der Waals surface area contributed by atoms with Crippen LogP contribution in [0.2, 0.25) is 0 Å². The third-order valence-electron chi connectivity index (χ3n) is 4.87. The first kappa shape index (κ1) is 16.7.